The molecule has 0 aliphatic rings. The van der Waals surface area contributed by atoms with Crippen LogP contribution in [0.1, 0.15) is 24.1 Å². The second-order valence-corrected chi connectivity index (χ2v) is 7.94. The maximum absolute atomic E-state index is 14.5. The molecule has 0 aliphatic carbocycles. The Kier molecular flexibility index (Phi) is 5.49. The fourth-order valence-electron chi connectivity index (χ4n) is 2.83. The first-order chi connectivity index (χ1) is 12.4. The minimum atomic E-state index is -3.53. The summed E-state index contributed by atoms with van der Waals surface area (Å²) in [5, 5.41) is 0. The van der Waals surface area contributed by atoms with Crippen LogP contribution >= 0.6 is 0 Å². The van der Waals surface area contributed by atoms with E-state index in [4.69, 9.17) is 0 Å². The predicted molar refractivity (Wildman–Crippen MR) is 102 cm³/mol. The van der Waals surface area contributed by atoms with Crippen molar-refractivity contribution in [1.29, 1.82) is 0 Å². The number of rotatable bonds is 6. The SMILES string of the molecule is CC(NS(=O)(=O)Cc1ccccc1)c1ccc(-c2ccccc2)c(F)c1. The lowest BCUT2D eigenvalue weighted by atomic mass is 10.0. The third kappa shape index (κ3) is 4.56. The smallest absolute Gasteiger partial charge is 0.212 e. The number of halogens is 1. The van der Waals surface area contributed by atoms with Crippen molar-refractivity contribution in [1.82, 2.24) is 4.72 Å². The zero-order chi connectivity index (χ0) is 18.6. The summed E-state index contributed by atoms with van der Waals surface area (Å²) in [5.41, 5.74) is 2.57. The summed E-state index contributed by atoms with van der Waals surface area (Å²) in [6.45, 7) is 1.71. The first-order valence-corrected chi connectivity index (χ1v) is 9.99. The van der Waals surface area contributed by atoms with Crippen molar-refractivity contribution in [3.63, 3.8) is 0 Å². The maximum atomic E-state index is 14.5. The van der Waals surface area contributed by atoms with Gasteiger partial charge in [0.15, 0.2) is 0 Å². The standard InChI is InChI=1S/C21H20FNO2S/c1-16(23-26(24,25)15-17-8-4-2-5-9-17)19-12-13-20(21(22)14-19)18-10-6-3-7-11-18/h2-14,16,23H,15H2,1H3. The molecular weight excluding hydrogens is 349 g/mol. The van der Waals surface area contributed by atoms with Crippen LogP contribution in [0.15, 0.2) is 78.9 Å². The number of hydrogen-bond acceptors (Lipinski definition) is 2. The molecule has 0 fully saturated rings. The molecule has 0 saturated carbocycles. The van der Waals surface area contributed by atoms with E-state index in [0.29, 0.717) is 16.7 Å². The predicted octanol–water partition coefficient (Wildman–Crippen LogP) is 4.67. The monoisotopic (exact) mass is 369 g/mol. The Balaban J connectivity index is 1.76. The van der Waals surface area contributed by atoms with Gasteiger partial charge >= 0.3 is 0 Å². The minimum absolute atomic E-state index is 0.108. The van der Waals surface area contributed by atoms with Gasteiger partial charge in [0.2, 0.25) is 10.0 Å². The zero-order valence-electron chi connectivity index (χ0n) is 14.4. The van der Waals surface area contributed by atoms with Crippen molar-refractivity contribution in [3.8, 4) is 11.1 Å². The average Bonchev–Trinajstić information content (AvgIpc) is 2.62. The zero-order valence-corrected chi connectivity index (χ0v) is 15.2. The molecule has 0 heterocycles. The average molecular weight is 369 g/mol. The molecule has 5 heteroatoms. The van der Waals surface area contributed by atoms with E-state index in [9.17, 15) is 12.8 Å². The lowest BCUT2D eigenvalue weighted by Gasteiger charge is -2.16. The minimum Gasteiger partial charge on any atom is -0.212 e. The van der Waals surface area contributed by atoms with E-state index >= 15 is 0 Å². The summed E-state index contributed by atoms with van der Waals surface area (Å²) in [7, 11) is -3.53. The van der Waals surface area contributed by atoms with Crippen LogP contribution in [0.2, 0.25) is 0 Å². The first kappa shape index (κ1) is 18.3. The van der Waals surface area contributed by atoms with Gasteiger partial charge in [0, 0.05) is 11.6 Å². The van der Waals surface area contributed by atoms with E-state index in [0.717, 1.165) is 5.56 Å². The second kappa shape index (κ2) is 7.81. The number of benzene rings is 3. The van der Waals surface area contributed by atoms with Gasteiger partial charge in [-0.3, -0.25) is 0 Å². The molecule has 3 aromatic carbocycles. The summed E-state index contributed by atoms with van der Waals surface area (Å²) in [6.07, 6.45) is 0. The van der Waals surface area contributed by atoms with Crippen molar-refractivity contribution in [3.05, 3.63) is 95.8 Å². The third-order valence-electron chi connectivity index (χ3n) is 4.13. The van der Waals surface area contributed by atoms with E-state index in [1.165, 1.54) is 6.07 Å². The maximum Gasteiger partial charge on any atom is 0.216 e. The third-order valence-corrected chi connectivity index (χ3v) is 5.56. The van der Waals surface area contributed by atoms with Crippen molar-refractivity contribution in [2.24, 2.45) is 0 Å². The summed E-state index contributed by atoms with van der Waals surface area (Å²) in [6, 6.07) is 22.5. The topological polar surface area (TPSA) is 46.2 Å². The molecule has 0 spiro atoms. The molecule has 3 nitrogen and oxygen atoms in total. The number of nitrogens with one attached hydrogen (secondary N) is 1. The van der Waals surface area contributed by atoms with Gasteiger partial charge in [-0.15, -0.1) is 0 Å². The van der Waals surface area contributed by atoms with E-state index in [1.54, 1.807) is 43.3 Å². The highest BCUT2D eigenvalue weighted by Crippen LogP contribution is 2.26. The van der Waals surface area contributed by atoms with Gasteiger partial charge < -0.3 is 0 Å². The summed E-state index contributed by atoms with van der Waals surface area (Å²) < 4.78 is 41.8. The largest absolute Gasteiger partial charge is 0.216 e. The van der Waals surface area contributed by atoms with Crippen LogP contribution < -0.4 is 4.72 Å². The summed E-state index contributed by atoms with van der Waals surface area (Å²) >= 11 is 0. The van der Waals surface area contributed by atoms with Crippen molar-refractivity contribution in [2.75, 3.05) is 0 Å². The van der Waals surface area contributed by atoms with E-state index in [-0.39, 0.29) is 11.6 Å². The second-order valence-electron chi connectivity index (χ2n) is 6.19. The molecule has 0 amide bonds. The molecule has 0 aliphatic heterocycles. The fraction of sp³-hybridized carbons (Fsp3) is 0.143. The van der Waals surface area contributed by atoms with Crippen LogP contribution in [0.4, 0.5) is 4.39 Å². The van der Waals surface area contributed by atoms with Gasteiger partial charge in [0.1, 0.15) is 5.82 Å². The lowest BCUT2D eigenvalue weighted by molar-refractivity contribution is 0.564. The van der Waals surface area contributed by atoms with Crippen LogP contribution in [0, 0.1) is 5.82 Å². The van der Waals surface area contributed by atoms with Gasteiger partial charge in [-0.2, -0.15) is 0 Å². The quantitative estimate of drug-likeness (QED) is 0.686. The van der Waals surface area contributed by atoms with Crippen molar-refractivity contribution in [2.45, 2.75) is 18.7 Å². The Morgan fingerprint density at radius 2 is 1.54 bits per heavy atom. The molecule has 1 atom stereocenters. The molecule has 1 N–H and O–H groups in total. The van der Waals surface area contributed by atoms with Gasteiger partial charge in [0.05, 0.1) is 5.75 Å². The molecule has 0 saturated heterocycles. The lowest BCUT2D eigenvalue weighted by Crippen LogP contribution is -2.28. The molecule has 0 radical (unpaired) electrons. The van der Waals surface area contributed by atoms with Crippen molar-refractivity contribution < 1.29 is 12.8 Å². The Morgan fingerprint density at radius 1 is 0.923 bits per heavy atom. The van der Waals surface area contributed by atoms with Crippen molar-refractivity contribution >= 4 is 10.0 Å². The Bertz CT molecular complexity index is 973. The highest BCUT2D eigenvalue weighted by Gasteiger charge is 2.18. The van der Waals surface area contributed by atoms with Crippen LogP contribution in [-0.4, -0.2) is 8.42 Å². The Hall–Kier alpha value is -2.50. The summed E-state index contributed by atoms with van der Waals surface area (Å²) in [4.78, 5) is 0. The Labute approximate surface area is 153 Å². The van der Waals surface area contributed by atoms with Gasteiger partial charge in [-0.05, 0) is 29.7 Å². The van der Waals surface area contributed by atoms with Crippen LogP contribution in [0.3, 0.4) is 0 Å². The van der Waals surface area contributed by atoms with Gasteiger partial charge in [-0.1, -0.05) is 72.8 Å². The summed E-state index contributed by atoms with van der Waals surface area (Å²) in [5.74, 6) is -0.481. The van der Waals surface area contributed by atoms with E-state index in [1.807, 2.05) is 36.4 Å². The van der Waals surface area contributed by atoms with E-state index in [2.05, 4.69) is 4.72 Å². The highest BCUT2D eigenvalue weighted by atomic mass is 32.2. The van der Waals surface area contributed by atoms with Gasteiger partial charge in [0.25, 0.3) is 0 Å². The molecule has 1 unspecified atom stereocenters. The normalized spacial score (nSPS) is 12.7. The van der Waals surface area contributed by atoms with Crippen LogP contribution in [-0.2, 0) is 15.8 Å². The molecule has 0 bridgehead atoms. The Morgan fingerprint density at radius 3 is 2.15 bits per heavy atom. The molecule has 3 aromatic rings. The van der Waals surface area contributed by atoms with E-state index < -0.39 is 16.1 Å². The molecule has 26 heavy (non-hydrogen) atoms. The highest BCUT2D eigenvalue weighted by molar-refractivity contribution is 7.88. The molecule has 134 valence electrons. The van der Waals surface area contributed by atoms with Gasteiger partial charge in [-0.25, -0.2) is 17.5 Å². The first-order valence-electron chi connectivity index (χ1n) is 8.33. The fourth-order valence-corrected chi connectivity index (χ4v) is 4.21. The van der Waals surface area contributed by atoms with Crippen LogP contribution in [0.5, 0.6) is 0 Å². The number of hydrogen-bond donors (Lipinski definition) is 1. The van der Waals surface area contributed by atoms with Crippen LogP contribution in [0.25, 0.3) is 11.1 Å². The molecule has 3 rings (SSSR count). The number of sulfonamides is 1. The molecule has 0 aromatic heterocycles. The molecular formula is C21H20FNO2S.